The molecule has 1 amide bonds. The van der Waals surface area contributed by atoms with E-state index in [-0.39, 0.29) is 6.09 Å². The first kappa shape index (κ1) is 17.9. The fraction of sp³-hybridized carbons (Fsp3) is 0.650. The summed E-state index contributed by atoms with van der Waals surface area (Å²) >= 11 is 0. The molecule has 0 aromatic heterocycles. The van der Waals surface area contributed by atoms with Gasteiger partial charge in [0.2, 0.25) is 0 Å². The van der Waals surface area contributed by atoms with E-state index in [4.69, 9.17) is 9.47 Å². The SMILES string of the molecule is COc1cc(C2CCC2)ccc1N1CCN(C(=O)OC(C)(C)C)CC1. The largest absolute Gasteiger partial charge is 0.495 e. The van der Waals surface area contributed by atoms with Crippen molar-refractivity contribution in [2.45, 2.75) is 51.6 Å². The lowest BCUT2D eigenvalue weighted by Crippen LogP contribution is -2.50. The zero-order valence-corrected chi connectivity index (χ0v) is 15.9. The zero-order valence-electron chi connectivity index (χ0n) is 15.9. The standard InChI is InChI=1S/C20H30N2O3/c1-20(2,3)25-19(23)22-12-10-21(11-13-22)17-9-8-16(14-18(17)24-4)15-6-5-7-15/h8-9,14-15H,5-7,10-13H2,1-4H3. The molecule has 5 nitrogen and oxygen atoms in total. The number of carbonyl (C=O) groups is 1. The van der Waals surface area contributed by atoms with Gasteiger partial charge in [-0.3, -0.25) is 0 Å². The Bertz CT molecular complexity index is 612. The molecular weight excluding hydrogens is 316 g/mol. The van der Waals surface area contributed by atoms with Crippen LogP contribution in [0.25, 0.3) is 0 Å². The van der Waals surface area contributed by atoms with E-state index in [0.29, 0.717) is 19.0 Å². The van der Waals surface area contributed by atoms with Gasteiger partial charge in [0.15, 0.2) is 0 Å². The van der Waals surface area contributed by atoms with Crippen molar-refractivity contribution in [1.29, 1.82) is 0 Å². The van der Waals surface area contributed by atoms with Crippen LogP contribution in [0, 0.1) is 0 Å². The van der Waals surface area contributed by atoms with Gasteiger partial charge < -0.3 is 19.3 Å². The highest BCUT2D eigenvalue weighted by atomic mass is 16.6. The van der Waals surface area contributed by atoms with Gasteiger partial charge >= 0.3 is 6.09 Å². The number of methoxy groups -OCH3 is 1. The number of ether oxygens (including phenoxy) is 2. The van der Waals surface area contributed by atoms with Crippen LogP contribution < -0.4 is 9.64 Å². The van der Waals surface area contributed by atoms with Crippen molar-refractivity contribution in [3.8, 4) is 5.75 Å². The third-order valence-electron chi connectivity index (χ3n) is 5.05. The lowest BCUT2D eigenvalue weighted by atomic mass is 9.80. The van der Waals surface area contributed by atoms with E-state index >= 15 is 0 Å². The smallest absolute Gasteiger partial charge is 0.410 e. The molecule has 1 saturated carbocycles. The minimum atomic E-state index is -0.450. The Morgan fingerprint density at radius 1 is 1.12 bits per heavy atom. The molecule has 1 aromatic rings. The molecule has 0 unspecified atom stereocenters. The lowest BCUT2D eigenvalue weighted by Gasteiger charge is -2.37. The quantitative estimate of drug-likeness (QED) is 0.829. The van der Waals surface area contributed by atoms with E-state index in [9.17, 15) is 4.79 Å². The molecule has 138 valence electrons. The predicted molar refractivity (Wildman–Crippen MR) is 99.6 cm³/mol. The van der Waals surface area contributed by atoms with Gasteiger partial charge in [-0.25, -0.2) is 4.79 Å². The summed E-state index contributed by atoms with van der Waals surface area (Å²) in [4.78, 5) is 16.3. The Kier molecular flexibility index (Phi) is 5.11. The number of benzene rings is 1. The molecule has 1 aromatic carbocycles. The first-order valence-electron chi connectivity index (χ1n) is 9.28. The second-order valence-corrected chi connectivity index (χ2v) is 8.01. The number of anilines is 1. The topological polar surface area (TPSA) is 42.0 Å². The van der Waals surface area contributed by atoms with E-state index in [0.717, 1.165) is 24.5 Å². The van der Waals surface area contributed by atoms with E-state index < -0.39 is 5.60 Å². The van der Waals surface area contributed by atoms with Crippen LogP contribution in [0.15, 0.2) is 18.2 Å². The Hall–Kier alpha value is -1.91. The molecule has 3 rings (SSSR count). The molecular formula is C20H30N2O3. The highest BCUT2D eigenvalue weighted by molar-refractivity contribution is 5.69. The van der Waals surface area contributed by atoms with Crippen molar-refractivity contribution in [3.05, 3.63) is 23.8 Å². The Balaban J connectivity index is 1.63. The molecule has 0 bridgehead atoms. The van der Waals surface area contributed by atoms with Crippen LogP contribution in [0.1, 0.15) is 51.5 Å². The molecule has 5 heteroatoms. The molecule has 1 aliphatic carbocycles. The molecule has 1 heterocycles. The summed E-state index contributed by atoms with van der Waals surface area (Å²) in [7, 11) is 1.74. The molecule has 0 spiro atoms. The Labute approximate surface area is 150 Å². The van der Waals surface area contributed by atoms with Gasteiger partial charge in [0.1, 0.15) is 11.4 Å². The normalized spacial score (nSPS) is 18.7. The fourth-order valence-corrected chi connectivity index (χ4v) is 3.41. The second kappa shape index (κ2) is 7.14. The molecule has 1 saturated heterocycles. The van der Waals surface area contributed by atoms with Crippen molar-refractivity contribution in [2.24, 2.45) is 0 Å². The summed E-state index contributed by atoms with van der Waals surface area (Å²) in [5.41, 5.74) is 2.06. The summed E-state index contributed by atoms with van der Waals surface area (Å²) in [6.45, 7) is 8.61. The predicted octanol–water partition coefficient (Wildman–Crippen LogP) is 4.02. The van der Waals surface area contributed by atoms with Crippen LogP contribution in [-0.2, 0) is 4.74 Å². The lowest BCUT2D eigenvalue weighted by molar-refractivity contribution is 0.0240. The summed E-state index contributed by atoms with van der Waals surface area (Å²) in [6, 6.07) is 6.61. The third kappa shape index (κ3) is 4.20. The minimum absolute atomic E-state index is 0.223. The molecule has 0 radical (unpaired) electrons. The van der Waals surface area contributed by atoms with Crippen LogP contribution in [-0.4, -0.2) is 49.9 Å². The number of carbonyl (C=O) groups excluding carboxylic acids is 1. The van der Waals surface area contributed by atoms with Crippen molar-refractivity contribution in [1.82, 2.24) is 4.90 Å². The molecule has 2 fully saturated rings. The van der Waals surface area contributed by atoms with Gasteiger partial charge in [-0.1, -0.05) is 12.5 Å². The van der Waals surface area contributed by atoms with Crippen molar-refractivity contribution >= 4 is 11.8 Å². The van der Waals surface area contributed by atoms with Crippen molar-refractivity contribution < 1.29 is 14.3 Å². The number of amides is 1. The van der Waals surface area contributed by atoms with Crippen LogP contribution in [0.3, 0.4) is 0 Å². The maximum Gasteiger partial charge on any atom is 0.410 e. The monoisotopic (exact) mass is 346 g/mol. The van der Waals surface area contributed by atoms with Gasteiger partial charge in [-0.15, -0.1) is 0 Å². The van der Waals surface area contributed by atoms with E-state index in [2.05, 4.69) is 23.1 Å². The van der Waals surface area contributed by atoms with Gasteiger partial charge in [-0.2, -0.15) is 0 Å². The second-order valence-electron chi connectivity index (χ2n) is 8.01. The highest BCUT2D eigenvalue weighted by Crippen LogP contribution is 2.40. The number of rotatable bonds is 3. The fourth-order valence-electron chi connectivity index (χ4n) is 3.41. The third-order valence-corrected chi connectivity index (χ3v) is 5.05. The van der Waals surface area contributed by atoms with Gasteiger partial charge in [0.05, 0.1) is 12.8 Å². The van der Waals surface area contributed by atoms with Crippen LogP contribution >= 0.6 is 0 Å². The van der Waals surface area contributed by atoms with Crippen molar-refractivity contribution in [2.75, 3.05) is 38.2 Å². The van der Waals surface area contributed by atoms with E-state index in [1.54, 1.807) is 12.0 Å². The zero-order chi connectivity index (χ0) is 18.0. The van der Waals surface area contributed by atoms with E-state index in [1.807, 2.05) is 20.8 Å². The first-order chi connectivity index (χ1) is 11.9. The summed E-state index contributed by atoms with van der Waals surface area (Å²) in [5.74, 6) is 1.64. The van der Waals surface area contributed by atoms with Gasteiger partial charge in [0, 0.05) is 26.2 Å². The molecule has 0 atom stereocenters. The Morgan fingerprint density at radius 3 is 2.32 bits per heavy atom. The first-order valence-corrected chi connectivity index (χ1v) is 9.28. The molecule has 2 aliphatic rings. The highest BCUT2D eigenvalue weighted by Gasteiger charge is 2.27. The maximum absolute atomic E-state index is 12.2. The maximum atomic E-state index is 12.2. The summed E-state index contributed by atoms with van der Waals surface area (Å²) in [6.07, 6.45) is 3.69. The molecule has 0 N–H and O–H groups in total. The number of piperazine rings is 1. The van der Waals surface area contributed by atoms with Crippen LogP contribution in [0.2, 0.25) is 0 Å². The molecule has 25 heavy (non-hydrogen) atoms. The van der Waals surface area contributed by atoms with E-state index in [1.165, 1.54) is 24.8 Å². The number of hydrogen-bond acceptors (Lipinski definition) is 4. The van der Waals surface area contributed by atoms with Gasteiger partial charge in [-0.05, 0) is 57.2 Å². The van der Waals surface area contributed by atoms with Gasteiger partial charge in [0.25, 0.3) is 0 Å². The summed E-state index contributed by atoms with van der Waals surface area (Å²) < 4.78 is 11.1. The number of nitrogens with zero attached hydrogens (tertiary/aromatic N) is 2. The average Bonchev–Trinajstić information content (AvgIpc) is 2.51. The summed E-state index contributed by atoms with van der Waals surface area (Å²) in [5, 5.41) is 0. The Morgan fingerprint density at radius 2 is 1.80 bits per heavy atom. The van der Waals surface area contributed by atoms with Crippen LogP contribution in [0.5, 0.6) is 5.75 Å². The molecule has 1 aliphatic heterocycles. The number of hydrogen-bond donors (Lipinski definition) is 0. The van der Waals surface area contributed by atoms with Crippen LogP contribution in [0.4, 0.5) is 10.5 Å². The van der Waals surface area contributed by atoms with Crippen molar-refractivity contribution in [3.63, 3.8) is 0 Å². The average molecular weight is 346 g/mol. The minimum Gasteiger partial charge on any atom is -0.495 e.